The number of benzene rings is 2. The third kappa shape index (κ3) is 5.97. The monoisotopic (exact) mass is 376 g/mol. The second-order valence-corrected chi connectivity index (χ2v) is 6.06. The lowest BCUT2D eigenvalue weighted by atomic mass is 10.1. The maximum Gasteiger partial charge on any atom is 0.335 e. The van der Waals surface area contributed by atoms with E-state index in [0.717, 1.165) is 11.3 Å². The van der Waals surface area contributed by atoms with Gasteiger partial charge in [0.15, 0.2) is 0 Å². The summed E-state index contributed by atoms with van der Waals surface area (Å²) in [5.41, 5.74) is 1.96. The van der Waals surface area contributed by atoms with E-state index in [0.29, 0.717) is 36.7 Å². The normalized spacial score (nSPS) is 10.2. The van der Waals surface area contributed by atoms with Gasteiger partial charge in [-0.2, -0.15) is 0 Å². The number of hydrogen-bond donors (Lipinski definition) is 3. The van der Waals surface area contributed by atoms with Crippen LogP contribution in [0.1, 0.15) is 22.3 Å². The summed E-state index contributed by atoms with van der Waals surface area (Å²) < 4.78 is 5.24. The SMILES string of the molecule is COc1ccc(Cl)cc1NCCC(=O)NCCc1ccc(C(=O)O)cc1. The molecule has 2 rings (SSSR count). The van der Waals surface area contributed by atoms with Crippen LogP contribution in [0.4, 0.5) is 5.69 Å². The zero-order valence-electron chi connectivity index (χ0n) is 14.4. The number of carboxylic acids is 1. The summed E-state index contributed by atoms with van der Waals surface area (Å²) in [4.78, 5) is 22.7. The van der Waals surface area contributed by atoms with Gasteiger partial charge in [0.25, 0.3) is 0 Å². The predicted octanol–water partition coefficient (Wildman–Crippen LogP) is 3.21. The van der Waals surface area contributed by atoms with Crippen molar-refractivity contribution in [2.45, 2.75) is 12.8 Å². The van der Waals surface area contributed by atoms with E-state index in [1.54, 1.807) is 49.6 Å². The number of hydrogen-bond acceptors (Lipinski definition) is 4. The molecule has 0 bridgehead atoms. The average molecular weight is 377 g/mol. The van der Waals surface area contributed by atoms with E-state index in [4.69, 9.17) is 21.4 Å². The van der Waals surface area contributed by atoms with Gasteiger partial charge in [0.1, 0.15) is 5.75 Å². The molecule has 0 saturated heterocycles. The topological polar surface area (TPSA) is 87.7 Å². The van der Waals surface area contributed by atoms with Gasteiger partial charge in [-0.1, -0.05) is 23.7 Å². The van der Waals surface area contributed by atoms with Crippen molar-refractivity contribution >= 4 is 29.2 Å². The fraction of sp³-hybridized carbons (Fsp3) is 0.263. The van der Waals surface area contributed by atoms with Gasteiger partial charge >= 0.3 is 5.97 Å². The minimum absolute atomic E-state index is 0.0688. The smallest absolute Gasteiger partial charge is 0.335 e. The van der Waals surface area contributed by atoms with Crippen molar-refractivity contribution in [1.29, 1.82) is 0 Å². The summed E-state index contributed by atoms with van der Waals surface area (Å²) in [6.07, 6.45) is 0.953. The molecule has 1 amide bonds. The molecular weight excluding hydrogens is 356 g/mol. The molecule has 0 atom stereocenters. The Morgan fingerprint density at radius 1 is 1.12 bits per heavy atom. The van der Waals surface area contributed by atoms with Crippen LogP contribution < -0.4 is 15.4 Å². The van der Waals surface area contributed by atoms with Crippen LogP contribution in [0.5, 0.6) is 5.75 Å². The molecule has 0 aliphatic heterocycles. The molecule has 0 radical (unpaired) electrons. The maximum atomic E-state index is 11.9. The summed E-state index contributed by atoms with van der Waals surface area (Å²) in [7, 11) is 1.57. The fourth-order valence-electron chi connectivity index (χ4n) is 2.38. The van der Waals surface area contributed by atoms with Gasteiger partial charge in [-0.05, 0) is 42.3 Å². The minimum Gasteiger partial charge on any atom is -0.495 e. The number of aromatic carboxylic acids is 1. The maximum absolute atomic E-state index is 11.9. The first kappa shape index (κ1) is 19.6. The Hall–Kier alpha value is -2.73. The molecule has 138 valence electrons. The molecule has 7 heteroatoms. The zero-order valence-corrected chi connectivity index (χ0v) is 15.2. The number of amides is 1. The molecule has 0 aliphatic carbocycles. The van der Waals surface area contributed by atoms with E-state index in [9.17, 15) is 9.59 Å². The minimum atomic E-state index is -0.950. The Bertz CT molecular complexity index is 763. The van der Waals surface area contributed by atoms with Crippen LogP contribution in [0, 0.1) is 0 Å². The third-order valence-electron chi connectivity index (χ3n) is 3.77. The summed E-state index contributed by atoms with van der Waals surface area (Å²) in [6, 6.07) is 11.9. The van der Waals surface area contributed by atoms with Crippen LogP contribution in [-0.4, -0.2) is 37.2 Å². The highest BCUT2D eigenvalue weighted by Gasteiger charge is 2.06. The van der Waals surface area contributed by atoms with Crippen molar-refractivity contribution in [2.75, 3.05) is 25.5 Å². The van der Waals surface area contributed by atoms with Crippen LogP contribution in [0.15, 0.2) is 42.5 Å². The lowest BCUT2D eigenvalue weighted by Crippen LogP contribution is -2.27. The number of anilines is 1. The Morgan fingerprint density at radius 2 is 1.85 bits per heavy atom. The Labute approximate surface area is 157 Å². The molecule has 0 aromatic heterocycles. The van der Waals surface area contributed by atoms with Gasteiger partial charge in [0, 0.05) is 24.5 Å². The predicted molar refractivity (Wildman–Crippen MR) is 101 cm³/mol. The standard InChI is InChI=1S/C19H21ClN2O4/c1-26-17-7-6-15(20)12-16(17)21-11-9-18(23)22-10-8-13-2-4-14(5-3-13)19(24)25/h2-7,12,21H,8-11H2,1H3,(H,22,23)(H,24,25). The number of carbonyl (C=O) groups is 2. The first-order chi connectivity index (χ1) is 12.5. The van der Waals surface area contributed by atoms with Crippen LogP contribution in [0.25, 0.3) is 0 Å². The molecule has 0 heterocycles. The number of halogens is 1. The molecule has 0 spiro atoms. The Balaban J connectivity index is 1.71. The quantitative estimate of drug-likeness (QED) is 0.625. The second kappa shape index (κ2) is 9.68. The van der Waals surface area contributed by atoms with E-state index in [1.165, 1.54) is 0 Å². The zero-order chi connectivity index (χ0) is 18.9. The fourth-order valence-corrected chi connectivity index (χ4v) is 2.55. The highest BCUT2D eigenvalue weighted by atomic mass is 35.5. The van der Waals surface area contributed by atoms with Crippen LogP contribution in [0.3, 0.4) is 0 Å². The first-order valence-electron chi connectivity index (χ1n) is 8.16. The van der Waals surface area contributed by atoms with Gasteiger partial charge in [0.05, 0.1) is 18.4 Å². The van der Waals surface area contributed by atoms with Crippen LogP contribution in [-0.2, 0) is 11.2 Å². The van der Waals surface area contributed by atoms with Crippen molar-refractivity contribution in [3.63, 3.8) is 0 Å². The molecule has 6 nitrogen and oxygen atoms in total. The van der Waals surface area contributed by atoms with Crippen molar-refractivity contribution in [3.05, 3.63) is 58.6 Å². The molecule has 0 saturated carbocycles. The molecular formula is C19H21ClN2O4. The highest BCUT2D eigenvalue weighted by molar-refractivity contribution is 6.30. The summed E-state index contributed by atoms with van der Waals surface area (Å²) in [5.74, 6) is -0.353. The van der Waals surface area contributed by atoms with Gasteiger partial charge in [0.2, 0.25) is 5.91 Å². The molecule has 3 N–H and O–H groups in total. The van der Waals surface area contributed by atoms with Crippen LogP contribution in [0.2, 0.25) is 5.02 Å². The number of nitrogens with one attached hydrogen (secondary N) is 2. The van der Waals surface area contributed by atoms with Crippen LogP contribution >= 0.6 is 11.6 Å². The largest absolute Gasteiger partial charge is 0.495 e. The molecule has 2 aromatic carbocycles. The van der Waals surface area contributed by atoms with E-state index in [-0.39, 0.29) is 11.5 Å². The third-order valence-corrected chi connectivity index (χ3v) is 4.00. The molecule has 0 aliphatic rings. The Kier molecular flexibility index (Phi) is 7.29. The van der Waals surface area contributed by atoms with Gasteiger partial charge < -0.3 is 20.5 Å². The number of ether oxygens (including phenoxy) is 1. The second-order valence-electron chi connectivity index (χ2n) is 5.62. The van der Waals surface area contributed by atoms with E-state index in [1.807, 2.05) is 0 Å². The van der Waals surface area contributed by atoms with Crippen molar-refractivity contribution in [1.82, 2.24) is 5.32 Å². The van der Waals surface area contributed by atoms with Crippen molar-refractivity contribution in [2.24, 2.45) is 0 Å². The molecule has 0 unspecified atom stereocenters. The van der Waals surface area contributed by atoms with Gasteiger partial charge in [-0.15, -0.1) is 0 Å². The lowest BCUT2D eigenvalue weighted by Gasteiger charge is -2.11. The summed E-state index contributed by atoms with van der Waals surface area (Å²) in [5, 5.41) is 15.4. The molecule has 26 heavy (non-hydrogen) atoms. The Morgan fingerprint density at radius 3 is 2.50 bits per heavy atom. The lowest BCUT2D eigenvalue weighted by molar-refractivity contribution is -0.120. The number of rotatable bonds is 9. The number of carboxylic acid groups (broad SMARTS) is 1. The summed E-state index contributed by atoms with van der Waals surface area (Å²) >= 11 is 5.96. The molecule has 2 aromatic rings. The van der Waals surface area contributed by atoms with Gasteiger partial charge in [-0.3, -0.25) is 4.79 Å². The van der Waals surface area contributed by atoms with Crippen molar-refractivity contribution in [3.8, 4) is 5.75 Å². The summed E-state index contributed by atoms with van der Waals surface area (Å²) in [6.45, 7) is 0.946. The average Bonchev–Trinajstić information content (AvgIpc) is 2.62. The van der Waals surface area contributed by atoms with E-state index < -0.39 is 5.97 Å². The number of methoxy groups -OCH3 is 1. The van der Waals surface area contributed by atoms with Crippen molar-refractivity contribution < 1.29 is 19.4 Å². The highest BCUT2D eigenvalue weighted by Crippen LogP contribution is 2.27. The van der Waals surface area contributed by atoms with E-state index in [2.05, 4.69) is 10.6 Å². The van der Waals surface area contributed by atoms with Gasteiger partial charge in [-0.25, -0.2) is 4.79 Å². The first-order valence-corrected chi connectivity index (χ1v) is 8.53. The van der Waals surface area contributed by atoms with E-state index >= 15 is 0 Å². The number of carbonyl (C=O) groups excluding carboxylic acids is 1. The molecule has 0 fully saturated rings.